The van der Waals surface area contributed by atoms with E-state index in [0.29, 0.717) is 51.3 Å². The van der Waals surface area contributed by atoms with Gasteiger partial charge in [-0.3, -0.25) is 9.59 Å². The fourth-order valence-corrected chi connectivity index (χ4v) is 4.76. The van der Waals surface area contributed by atoms with Gasteiger partial charge in [0.2, 0.25) is 0 Å². The Bertz CT molecular complexity index is 1640. The van der Waals surface area contributed by atoms with E-state index in [1.54, 1.807) is 24.3 Å². The number of amides is 2. The zero-order valence-corrected chi connectivity index (χ0v) is 21.7. The Morgan fingerprint density at radius 1 is 1.10 bits per heavy atom. The van der Waals surface area contributed by atoms with Crippen LogP contribution in [0.1, 0.15) is 33.6 Å². The lowest BCUT2D eigenvalue weighted by molar-refractivity contribution is 0.0937. The number of fused-ring (bicyclic) bond motifs is 1. The summed E-state index contributed by atoms with van der Waals surface area (Å²) in [5.74, 6) is -0.822. The maximum Gasteiger partial charge on any atom is 0.255 e. The predicted octanol–water partition coefficient (Wildman–Crippen LogP) is 4.94. The normalized spacial score (nSPS) is 14.2. The number of rotatable bonds is 7. The van der Waals surface area contributed by atoms with E-state index in [1.807, 2.05) is 0 Å². The monoisotopic (exact) mass is 550 g/mol. The highest BCUT2D eigenvalue weighted by molar-refractivity contribution is 6.34. The molecule has 0 bridgehead atoms. The first kappa shape index (κ1) is 26.1. The highest BCUT2D eigenvalue weighted by atomic mass is 35.5. The van der Waals surface area contributed by atoms with Crippen molar-refractivity contribution in [2.45, 2.75) is 18.4 Å². The molecule has 5 rings (SSSR count). The SMILES string of the molecule is CNC(=O)c1c(-c2ccc(F)cc2)oc2ccc(-c3cc(C(=O)NC4(/C(N)=N/O)CC4)c(OC)cc3Cl)cc12. The summed E-state index contributed by atoms with van der Waals surface area (Å²) in [6.07, 6.45) is 1.07. The largest absolute Gasteiger partial charge is 0.496 e. The first-order valence-electron chi connectivity index (χ1n) is 11.9. The summed E-state index contributed by atoms with van der Waals surface area (Å²) >= 11 is 6.61. The molecule has 39 heavy (non-hydrogen) atoms. The van der Waals surface area contributed by atoms with Crippen LogP contribution in [0.3, 0.4) is 0 Å². The molecular weight excluding hydrogens is 527 g/mol. The number of oxime groups is 1. The molecule has 1 saturated carbocycles. The maximum absolute atomic E-state index is 13.5. The third-order valence-corrected chi connectivity index (χ3v) is 7.11. The zero-order valence-electron chi connectivity index (χ0n) is 21.0. The minimum atomic E-state index is -0.911. The Morgan fingerprint density at radius 2 is 1.79 bits per heavy atom. The molecular formula is C28H24ClFN4O5. The number of nitrogens with two attached hydrogens (primary N) is 1. The van der Waals surface area contributed by atoms with Crippen LogP contribution in [0.4, 0.5) is 4.39 Å². The van der Waals surface area contributed by atoms with Crippen LogP contribution in [0, 0.1) is 5.82 Å². The van der Waals surface area contributed by atoms with Crippen LogP contribution >= 0.6 is 11.6 Å². The van der Waals surface area contributed by atoms with Crippen LogP contribution in [-0.4, -0.2) is 42.6 Å². The van der Waals surface area contributed by atoms with Crippen LogP contribution in [0.2, 0.25) is 5.02 Å². The number of amidine groups is 1. The number of carbonyl (C=O) groups is 2. The average Bonchev–Trinajstić information content (AvgIpc) is 3.63. The quantitative estimate of drug-likeness (QED) is 0.111. The Balaban J connectivity index is 1.62. The van der Waals surface area contributed by atoms with E-state index in [9.17, 15) is 14.0 Å². The molecule has 0 spiro atoms. The Kier molecular flexibility index (Phi) is 6.65. The van der Waals surface area contributed by atoms with Crippen LogP contribution in [-0.2, 0) is 0 Å². The summed E-state index contributed by atoms with van der Waals surface area (Å²) < 4.78 is 24.9. The van der Waals surface area contributed by atoms with Crippen molar-refractivity contribution in [2.75, 3.05) is 14.2 Å². The van der Waals surface area contributed by atoms with Crippen LogP contribution in [0.15, 0.2) is 64.2 Å². The van der Waals surface area contributed by atoms with Gasteiger partial charge in [-0.15, -0.1) is 0 Å². The standard InChI is InChI=1S/C28H24ClFN4O5/c1-32-26(36)23-18-11-15(5-8-21(18)39-24(23)14-3-6-16(30)7-4-14)17-12-19(22(38-2)13-20(17)29)25(35)33-28(9-10-28)27(31)34-37/h3-8,11-13,37H,9-10H2,1-2H3,(H2,31,34)(H,32,36)(H,33,35). The third-order valence-electron chi connectivity index (χ3n) is 6.79. The van der Waals surface area contributed by atoms with E-state index >= 15 is 0 Å². The zero-order chi connectivity index (χ0) is 27.9. The number of halogens is 2. The van der Waals surface area contributed by atoms with Gasteiger partial charge in [0.25, 0.3) is 11.8 Å². The van der Waals surface area contributed by atoms with Crippen LogP contribution in [0.5, 0.6) is 5.75 Å². The van der Waals surface area contributed by atoms with Gasteiger partial charge in [-0.2, -0.15) is 0 Å². The van der Waals surface area contributed by atoms with Crippen molar-refractivity contribution in [3.8, 4) is 28.2 Å². The molecule has 5 N–H and O–H groups in total. The van der Waals surface area contributed by atoms with Gasteiger partial charge >= 0.3 is 0 Å². The molecule has 0 aliphatic heterocycles. The Labute approximate surface area is 227 Å². The lowest BCUT2D eigenvalue weighted by atomic mass is 9.98. The number of nitrogens with zero attached hydrogens (tertiary/aromatic N) is 1. The number of nitrogens with one attached hydrogen (secondary N) is 2. The van der Waals surface area contributed by atoms with Gasteiger partial charge in [-0.25, -0.2) is 4.39 Å². The Morgan fingerprint density at radius 3 is 2.41 bits per heavy atom. The lowest BCUT2D eigenvalue weighted by Crippen LogP contribution is -2.47. The number of benzene rings is 3. The van der Waals surface area contributed by atoms with E-state index in [4.69, 9.17) is 31.7 Å². The molecule has 0 radical (unpaired) electrons. The molecule has 0 atom stereocenters. The molecule has 9 nitrogen and oxygen atoms in total. The number of hydrogen-bond donors (Lipinski definition) is 4. The van der Waals surface area contributed by atoms with Crippen molar-refractivity contribution in [3.05, 3.63) is 76.6 Å². The molecule has 1 aliphatic rings. The molecule has 1 aliphatic carbocycles. The number of hydrogen-bond acceptors (Lipinski definition) is 6. The fourth-order valence-electron chi connectivity index (χ4n) is 4.49. The minimum Gasteiger partial charge on any atom is -0.496 e. The van der Waals surface area contributed by atoms with Crippen LogP contribution in [0.25, 0.3) is 33.4 Å². The topological polar surface area (TPSA) is 139 Å². The predicted molar refractivity (Wildman–Crippen MR) is 145 cm³/mol. The van der Waals surface area contributed by atoms with Gasteiger partial charge < -0.3 is 30.7 Å². The second kappa shape index (κ2) is 9.95. The molecule has 0 unspecified atom stereocenters. The molecule has 200 valence electrons. The molecule has 1 fully saturated rings. The fraction of sp³-hybridized carbons (Fsp3) is 0.179. The van der Waals surface area contributed by atoms with Crippen molar-refractivity contribution in [1.82, 2.24) is 10.6 Å². The van der Waals surface area contributed by atoms with Crippen molar-refractivity contribution in [2.24, 2.45) is 10.9 Å². The summed E-state index contributed by atoms with van der Waals surface area (Å²) in [5, 5.41) is 18.4. The molecule has 11 heteroatoms. The lowest BCUT2D eigenvalue weighted by Gasteiger charge is -2.18. The summed E-state index contributed by atoms with van der Waals surface area (Å²) in [5.41, 5.74) is 7.43. The molecule has 1 aromatic heterocycles. The average molecular weight is 551 g/mol. The number of carbonyl (C=O) groups excluding carboxylic acids is 2. The van der Waals surface area contributed by atoms with Crippen molar-refractivity contribution in [3.63, 3.8) is 0 Å². The van der Waals surface area contributed by atoms with E-state index < -0.39 is 17.3 Å². The summed E-state index contributed by atoms with van der Waals surface area (Å²) in [6, 6.07) is 13.9. The van der Waals surface area contributed by atoms with Gasteiger partial charge in [0.05, 0.1) is 23.3 Å². The van der Waals surface area contributed by atoms with E-state index in [0.717, 1.165) is 0 Å². The smallest absolute Gasteiger partial charge is 0.255 e. The minimum absolute atomic E-state index is 0.0758. The summed E-state index contributed by atoms with van der Waals surface area (Å²) in [4.78, 5) is 26.2. The molecule has 2 amide bonds. The van der Waals surface area contributed by atoms with Gasteiger partial charge in [-0.05, 0) is 60.9 Å². The van der Waals surface area contributed by atoms with Crippen molar-refractivity contribution < 1.29 is 28.3 Å². The van der Waals surface area contributed by atoms with Crippen molar-refractivity contribution >= 4 is 40.2 Å². The number of ether oxygens (including phenoxy) is 1. The molecule has 0 saturated heterocycles. The number of methoxy groups -OCH3 is 1. The maximum atomic E-state index is 13.5. The highest BCUT2D eigenvalue weighted by Gasteiger charge is 2.49. The van der Waals surface area contributed by atoms with E-state index in [1.165, 1.54) is 44.5 Å². The third kappa shape index (κ3) is 4.63. The molecule has 3 aromatic carbocycles. The first-order chi connectivity index (χ1) is 18.7. The van der Waals surface area contributed by atoms with Crippen LogP contribution < -0.4 is 21.1 Å². The van der Waals surface area contributed by atoms with E-state index in [2.05, 4.69) is 15.8 Å². The second-order valence-corrected chi connectivity index (χ2v) is 9.56. The molecule has 1 heterocycles. The molecule has 4 aromatic rings. The van der Waals surface area contributed by atoms with Gasteiger partial charge in [-0.1, -0.05) is 22.8 Å². The summed E-state index contributed by atoms with van der Waals surface area (Å²) in [6.45, 7) is 0. The highest BCUT2D eigenvalue weighted by Crippen LogP contribution is 2.40. The summed E-state index contributed by atoms with van der Waals surface area (Å²) in [7, 11) is 2.92. The van der Waals surface area contributed by atoms with E-state index in [-0.39, 0.29) is 28.6 Å². The van der Waals surface area contributed by atoms with Gasteiger partial charge in [0, 0.05) is 29.6 Å². The van der Waals surface area contributed by atoms with Gasteiger partial charge in [0.15, 0.2) is 5.84 Å². The first-order valence-corrected chi connectivity index (χ1v) is 12.3. The van der Waals surface area contributed by atoms with Gasteiger partial charge in [0.1, 0.15) is 28.4 Å². The van der Waals surface area contributed by atoms with Crippen molar-refractivity contribution in [1.29, 1.82) is 0 Å². The number of furan rings is 1. The second-order valence-electron chi connectivity index (χ2n) is 9.16. The Hall–Kier alpha value is -4.57.